The van der Waals surface area contributed by atoms with E-state index in [0.717, 1.165) is 24.5 Å². The van der Waals surface area contributed by atoms with Crippen molar-refractivity contribution < 1.29 is 0 Å². The molecule has 1 aliphatic heterocycles. The molecule has 0 unspecified atom stereocenters. The summed E-state index contributed by atoms with van der Waals surface area (Å²) in [5.41, 5.74) is 7.46. The Kier molecular flexibility index (Phi) is 3.91. The zero-order valence-corrected chi connectivity index (χ0v) is 11.8. The van der Waals surface area contributed by atoms with Crippen LogP contribution in [0, 0.1) is 5.41 Å². The van der Waals surface area contributed by atoms with E-state index in [-0.39, 0.29) is 6.04 Å². The van der Waals surface area contributed by atoms with Crippen molar-refractivity contribution in [3.8, 4) is 0 Å². The molecule has 1 fully saturated rings. The third-order valence-corrected chi connectivity index (χ3v) is 4.56. The molecule has 0 spiro atoms. The van der Waals surface area contributed by atoms with Gasteiger partial charge in [-0.2, -0.15) is 0 Å². The Morgan fingerprint density at radius 2 is 2.11 bits per heavy atom. The van der Waals surface area contributed by atoms with Crippen LogP contribution in [0.15, 0.2) is 18.3 Å². The van der Waals surface area contributed by atoms with E-state index in [1.54, 1.807) is 0 Å². The van der Waals surface area contributed by atoms with Crippen molar-refractivity contribution in [1.29, 1.82) is 0 Å². The SMILES string of the molecule is CCC1(CC)CCN(c2ccc([C@@H](C)N)cn2)C1. The van der Waals surface area contributed by atoms with E-state index in [1.165, 1.54) is 19.3 Å². The zero-order valence-electron chi connectivity index (χ0n) is 11.8. The fourth-order valence-electron chi connectivity index (χ4n) is 2.81. The largest absolute Gasteiger partial charge is 0.356 e. The van der Waals surface area contributed by atoms with Crippen LogP contribution in [0.2, 0.25) is 0 Å². The lowest BCUT2D eigenvalue weighted by Crippen LogP contribution is -2.26. The second-order valence-corrected chi connectivity index (χ2v) is 5.62. The van der Waals surface area contributed by atoms with Gasteiger partial charge in [-0.25, -0.2) is 4.98 Å². The molecule has 0 amide bonds. The van der Waals surface area contributed by atoms with Gasteiger partial charge in [-0.1, -0.05) is 19.9 Å². The average Bonchev–Trinajstić information content (AvgIpc) is 2.84. The van der Waals surface area contributed by atoms with E-state index < -0.39 is 0 Å². The van der Waals surface area contributed by atoms with Crippen LogP contribution in [0.1, 0.15) is 51.6 Å². The molecule has 0 saturated carbocycles. The second kappa shape index (κ2) is 5.27. The molecule has 1 saturated heterocycles. The van der Waals surface area contributed by atoms with Gasteiger partial charge in [0, 0.05) is 25.3 Å². The maximum Gasteiger partial charge on any atom is 0.128 e. The number of hydrogen-bond acceptors (Lipinski definition) is 3. The van der Waals surface area contributed by atoms with Gasteiger partial charge < -0.3 is 10.6 Å². The highest BCUT2D eigenvalue weighted by atomic mass is 15.2. The Hall–Kier alpha value is -1.09. The minimum absolute atomic E-state index is 0.0653. The van der Waals surface area contributed by atoms with Crippen LogP contribution in [-0.2, 0) is 0 Å². The van der Waals surface area contributed by atoms with Crippen molar-refractivity contribution in [3.63, 3.8) is 0 Å². The highest BCUT2D eigenvalue weighted by molar-refractivity contribution is 5.41. The average molecular weight is 247 g/mol. The van der Waals surface area contributed by atoms with E-state index >= 15 is 0 Å². The standard InChI is InChI=1S/C15H25N3/c1-4-15(5-2)8-9-18(11-15)14-7-6-13(10-17-14)12(3)16/h6-7,10,12H,4-5,8-9,11,16H2,1-3H3/t12-/m1/s1. The molecule has 1 aromatic rings. The van der Waals surface area contributed by atoms with Crippen molar-refractivity contribution in [2.75, 3.05) is 18.0 Å². The van der Waals surface area contributed by atoms with E-state index in [0.29, 0.717) is 5.41 Å². The quantitative estimate of drug-likeness (QED) is 0.889. The second-order valence-electron chi connectivity index (χ2n) is 5.62. The topological polar surface area (TPSA) is 42.1 Å². The summed E-state index contributed by atoms with van der Waals surface area (Å²) in [6.07, 6.45) is 5.73. The lowest BCUT2D eigenvalue weighted by molar-refractivity contribution is 0.301. The van der Waals surface area contributed by atoms with Crippen LogP contribution in [0.5, 0.6) is 0 Å². The van der Waals surface area contributed by atoms with Crippen LogP contribution in [-0.4, -0.2) is 18.1 Å². The molecule has 3 heteroatoms. The van der Waals surface area contributed by atoms with Crippen LogP contribution in [0.25, 0.3) is 0 Å². The smallest absolute Gasteiger partial charge is 0.128 e. The van der Waals surface area contributed by atoms with Crippen LogP contribution in [0.3, 0.4) is 0 Å². The first-order valence-corrected chi connectivity index (χ1v) is 7.07. The number of nitrogens with zero attached hydrogens (tertiary/aromatic N) is 2. The first-order chi connectivity index (χ1) is 8.60. The summed E-state index contributed by atoms with van der Waals surface area (Å²) in [4.78, 5) is 6.98. The molecule has 1 aliphatic rings. The number of hydrogen-bond donors (Lipinski definition) is 1. The van der Waals surface area contributed by atoms with Crippen LogP contribution < -0.4 is 10.6 Å². The molecule has 0 radical (unpaired) electrons. The molecule has 3 nitrogen and oxygen atoms in total. The van der Waals surface area contributed by atoms with Crippen molar-refractivity contribution in [2.45, 2.75) is 46.1 Å². The Labute approximate surface area is 110 Å². The number of rotatable bonds is 4. The molecular formula is C15H25N3. The van der Waals surface area contributed by atoms with E-state index in [1.807, 2.05) is 13.1 Å². The van der Waals surface area contributed by atoms with Crippen molar-refractivity contribution in [3.05, 3.63) is 23.9 Å². The monoisotopic (exact) mass is 247 g/mol. The van der Waals surface area contributed by atoms with Gasteiger partial charge >= 0.3 is 0 Å². The summed E-state index contributed by atoms with van der Waals surface area (Å²) >= 11 is 0. The highest BCUT2D eigenvalue weighted by Crippen LogP contribution is 2.38. The summed E-state index contributed by atoms with van der Waals surface area (Å²) < 4.78 is 0. The van der Waals surface area contributed by atoms with Crippen LogP contribution in [0.4, 0.5) is 5.82 Å². The molecule has 2 N–H and O–H groups in total. The lowest BCUT2D eigenvalue weighted by Gasteiger charge is -2.26. The third-order valence-electron chi connectivity index (χ3n) is 4.56. The van der Waals surface area contributed by atoms with Crippen LogP contribution >= 0.6 is 0 Å². The molecule has 0 aliphatic carbocycles. The van der Waals surface area contributed by atoms with Gasteiger partial charge in [0.2, 0.25) is 0 Å². The Morgan fingerprint density at radius 3 is 2.56 bits per heavy atom. The lowest BCUT2D eigenvalue weighted by atomic mass is 9.82. The van der Waals surface area contributed by atoms with Gasteiger partial charge in [0.15, 0.2) is 0 Å². The molecule has 2 rings (SSSR count). The summed E-state index contributed by atoms with van der Waals surface area (Å²) in [5, 5.41) is 0. The maximum absolute atomic E-state index is 5.85. The fourth-order valence-corrected chi connectivity index (χ4v) is 2.81. The number of anilines is 1. The molecule has 100 valence electrons. The van der Waals surface area contributed by atoms with E-state index in [9.17, 15) is 0 Å². The Balaban J connectivity index is 2.09. The predicted molar refractivity (Wildman–Crippen MR) is 76.7 cm³/mol. The summed E-state index contributed by atoms with van der Waals surface area (Å²) in [6.45, 7) is 8.88. The molecular weight excluding hydrogens is 222 g/mol. The van der Waals surface area contributed by atoms with Gasteiger partial charge in [-0.15, -0.1) is 0 Å². The summed E-state index contributed by atoms with van der Waals surface area (Å²) in [7, 11) is 0. The normalized spacial score (nSPS) is 20.1. The van der Waals surface area contributed by atoms with Gasteiger partial charge in [-0.3, -0.25) is 0 Å². The first-order valence-electron chi connectivity index (χ1n) is 7.07. The molecule has 18 heavy (non-hydrogen) atoms. The minimum Gasteiger partial charge on any atom is -0.356 e. The third kappa shape index (κ3) is 2.51. The Bertz CT molecular complexity index is 379. The van der Waals surface area contributed by atoms with Gasteiger partial charge in [0.05, 0.1) is 0 Å². The van der Waals surface area contributed by atoms with E-state index in [4.69, 9.17) is 5.73 Å². The molecule has 0 aromatic carbocycles. The summed E-state index contributed by atoms with van der Waals surface area (Å²) in [5.74, 6) is 1.10. The predicted octanol–water partition coefficient (Wildman–Crippen LogP) is 3.12. The maximum atomic E-state index is 5.85. The minimum atomic E-state index is 0.0653. The molecule has 2 heterocycles. The van der Waals surface area contributed by atoms with Crippen molar-refractivity contribution in [1.82, 2.24) is 4.98 Å². The highest BCUT2D eigenvalue weighted by Gasteiger charge is 2.35. The van der Waals surface area contributed by atoms with E-state index in [2.05, 4.69) is 35.9 Å². The number of nitrogens with two attached hydrogens (primary N) is 1. The first kappa shape index (κ1) is 13.3. The molecule has 0 bridgehead atoms. The van der Waals surface area contributed by atoms with Crippen molar-refractivity contribution in [2.24, 2.45) is 11.1 Å². The zero-order chi connectivity index (χ0) is 13.2. The van der Waals surface area contributed by atoms with Gasteiger partial charge in [-0.05, 0) is 43.2 Å². The number of aromatic nitrogens is 1. The van der Waals surface area contributed by atoms with Gasteiger partial charge in [0.1, 0.15) is 5.82 Å². The molecule has 1 aromatic heterocycles. The molecule has 1 atom stereocenters. The number of pyridine rings is 1. The Morgan fingerprint density at radius 1 is 1.39 bits per heavy atom. The van der Waals surface area contributed by atoms with Gasteiger partial charge in [0.25, 0.3) is 0 Å². The summed E-state index contributed by atoms with van der Waals surface area (Å²) in [6, 6.07) is 4.28. The fraction of sp³-hybridized carbons (Fsp3) is 0.667. The van der Waals surface area contributed by atoms with Crippen molar-refractivity contribution >= 4 is 5.82 Å².